The largest absolute Gasteiger partial charge is 0.496 e. The van der Waals surface area contributed by atoms with Crippen LogP contribution in [-0.4, -0.2) is 130 Å². The second-order valence-corrected chi connectivity index (χ2v) is 10.3. The lowest BCUT2D eigenvalue weighted by Crippen LogP contribution is -2.61. The molecular weight excluding hydrogens is 526 g/mol. The van der Waals surface area contributed by atoms with Gasteiger partial charge in [-0.2, -0.15) is 0 Å². The maximum absolute atomic E-state index is 10.2. The van der Waals surface area contributed by atoms with Crippen molar-refractivity contribution in [2.45, 2.75) is 22.4 Å². The molecule has 12 nitrogen and oxygen atoms in total. The topological polar surface area (TPSA) is 199 Å². The van der Waals surface area contributed by atoms with Gasteiger partial charge in [0.1, 0.15) is 22.4 Å². The molecular formula is C26H32B2O12. The molecule has 2 saturated heterocycles. The van der Waals surface area contributed by atoms with E-state index in [0.717, 1.165) is 0 Å². The molecule has 0 spiro atoms. The van der Waals surface area contributed by atoms with Crippen LogP contribution in [0.2, 0.25) is 0 Å². The molecule has 3 aromatic rings. The molecule has 0 aromatic heterocycles. The lowest BCUT2D eigenvalue weighted by atomic mass is 9.66. The molecule has 2 heterocycles. The van der Waals surface area contributed by atoms with E-state index in [1.807, 2.05) is 0 Å². The van der Waals surface area contributed by atoms with Crippen molar-refractivity contribution >= 4 is 46.7 Å². The fourth-order valence-electron chi connectivity index (χ4n) is 5.89. The Morgan fingerprint density at radius 1 is 0.400 bits per heavy atom. The van der Waals surface area contributed by atoms with Crippen molar-refractivity contribution in [3.8, 4) is 0 Å². The molecule has 0 bridgehead atoms. The minimum absolute atomic E-state index is 0.481. The maximum atomic E-state index is 10.2. The molecule has 2 fully saturated rings. The SMILES string of the molecule is OCC1(CO)OB(c2c3ccccc3c(B3OC(CO)(CO)C(CO)(CO)O3)c3ccccc23)OC1(CO)CO. The van der Waals surface area contributed by atoms with Crippen LogP contribution in [0.3, 0.4) is 0 Å². The van der Waals surface area contributed by atoms with Crippen LogP contribution in [0.15, 0.2) is 48.5 Å². The number of fused-ring (bicyclic) bond motifs is 2. The van der Waals surface area contributed by atoms with E-state index >= 15 is 0 Å². The second kappa shape index (κ2) is 10.9. The minimum atomic E-state index is -1.82. The van der Waals surface area contributed by atoms with Crippen LogP contribution in [-0.2, 0) is 18.6 Å². The molecule has 8 N–H and O–H groups in total. The zero-order valence-corrected chi connectivity index (χ0v) is 21.6. The van der Waals surface area contributed by atoms with E-state index in [1.54, 1.807) is 48.5 Å². The van der Waals surface area contributed by atoms with Gasteiger partial charge in [0.05, 0.1) is 52.9 Å². The highest BCUT2D eigenvalue weighted by atomic mass is 16.7. The van der Waals surface area contributed by atoms with Crippen molar-refractivity contribution in [3.05, 3.63) is 48.5 Å². The molecule has 5 rings (SSSR count). The number of benzene rings is 3. The first-order valence-electron chi connectivity index (χ1n) is 12.8. The molecule has 0 saturated carbocycles. The number of hydrogen-bond acceptors (Lipinski definition) is 12. The molecule has 0 radical (unpaired) electrons. The third-order valence-corrected chi connectivity index (χ3v) is 8.52. The highest BCUT2D eigenvalue weighted by Crippen LogP contribution is 2.40. The van der Waals surface area contributed by atoms with E-state index in [2.05, 4.69) is 0 Å². The standard InChI is InChI=1S/C26H32B2O12/c29-9-23(10-30)24(11-31,12-32)38-27(37-23)21-17-5-1-2-6-18(17)22(20-8-4-3-7-19(20)21)28-39-25(13-33,14-34)26(15-35,16-36)40-28/h1-8,29-36H,9-16H2. The summed E-state index contributed by atoms with van der Waals surface area (Å²) in [6.45, 7) is -5.94. The Balaban J connectivity index is 1.76. The molecule has 3 aromatic carbocycles. The third-order valence-electron chi connectivity index (χ3n) is 8.52. The highest BCUT2D eigenvalue weighted by Gasteiger charge is 2.64. The Bertz CT molecular complexity index is 1160. The molecule has 2 aliphatic heterocycles. The van der Waals surface area contributed by atoms with Crippen molar-refractivity contribution in [3.63, 3.8) is 0 Å². The number of aliphatic hydroxyl groups excluding tert-OH is 8. The van der Waals surface area contributed by atoms with Crippen LogP contribution >= 0.6 is 0 Å². The summed E-state index contributed by atoms with van der Waals surface area (Å²) in [5.41, 5.74) is -6.30. The van der Waals surface area contributed by atoms with Crippen LogP contribution < -0.4 is 10.9 Å². The molecule has 214 valence electrons. The molecule has 0 amide bonds. The molecule has 0 unspecified atom stereocenters. The summed E-state index contributed by atoms with van der Waals surface area (Å²) >= 11 is 0. The first kappa shape index (κ1) is 29.3. The van der Waals surface area contributed by atoms with Gasteiger partial charge in [0.25, 0.3) is 0 Å². The zero-order valence-electron chi connectivity index (χ0n) is 21.6. The number of aliphatic hydroxyl groups is 8. The van der Waals surface area contributed by atoms with Gasteiger partial charge in [-0.3, -0.25) is 0 Å². The fraction of sp³-hybridized carbons (Fsp3) is 0.462. The van der Waals surface area contributed by atoms with Crippen molar-refractivity contribution in [1.82, 2.24) is 0 Å². The Morgan fingerprint density at radius 3 is 0.775 bits per heavy atom. The predicted octanol–water partition coefficient (Wildman–Crippen LogP) is -3.63. The summed E-state index contributed by atoms with van der Waals surface area (Å²) in [7, 11) is -2.48. The maximum Gasteiger partial charge on any atom is 0.496 e. The average Bonchev–Trinajstić information content (AvgIpc) is 3.53. The van der Waals surface area contributed by atoms with Gasteiger partial charge in [0.15, 0.2) is 0 Å². The van der Waals surface area contributed by atoms with Gasteiger partial charge in [0, 0.05) is 0 Å². The predicted molar refractivity (Wildman–Crippen MR) is 144 cm³/mol. The fourth-order valence-corrected chi connectivity index (χ4v) is 5.89. The van der Waals surface area contributed by atoms with Crippen molar-refractivity contribution < 1.29 is 59.5 Å². The summed E-state index contributed by atoms with van der Waals surface area (Å²) in [6, 6.07) is 14.2. The van der Waals surface area contributed by atoms with E-state index in [-0.39, 0.29) is 0 Å². The lowest BCUT2D eigenvalue weighted by molar-refractivity contribution is -0.147. The van der Waals surface area contributed by atoms with E-state index in [1.165, 1.54) is 0 Å². The Kier molecular flexibility index (Phi) is 8.00. The van der Waals surface area contributed by atoms with Gasteiger partial charge >= 0.3 is 14.2 Å². The number of hydrogen-bond donors (Lipinski definition) is 8. The molecule has 2 aliphatic rings. The molecule has 0 aliphatic carbocycles. The zero-order chi connectivity index (χ0) is 28.8. The molecule has 40 heavy (non-hydrogen) atoms. The first-order chi connectivity index (χ1) is 19.3. The van der Waals surface area contributed by atoms with Gasteiger partial charge in [-0.05, 0) is 32.5 Å². The Hall–Kier alpha value is -2.17. The normalized spacial score (nSPS) is 21.1. The summed E-state index contributed by atoms with van der Waals surface area (Å²) in [5.74, 6) is 0. The van der Waals surface area contributed by atoms with E-state index in [0.29, 0.717) is 32.5 Å². The van der Waals surface area contributed by atoms with Gasteiger partial charge < -0.3 is 59.5 Å². The van der Waals surface area contributed by atoms with E-state index < -0.39 is 89.5 Å². The van der Waals surface area contributed by atoms with Crippen molar-refractivity contribution in [1.29, 1.82) is 0 Å². The van der Waals surface area contributed by atoms with Gasteiger partial charge in [0.2, 0.25) is 0 Å². The lowest BCUT2D eigenvalue weighted by Gasteiger charge is -2.39. The van der Waals surface area contributed by atoms with Gasteiger partial charge in [-0.15, -0.1) is 0 Å². The molecule has 0 atom stereocenters. The van der Waals surface area contributed by atoms with Crippen molar-refractivity contribution in [2.24, 2.45) is 0 Å². The summed E-state index contributed by atoms with van der Waals surface area (Å²) in [4.78, 5) is 0. The molecule has 14 heteroatoms. The number of rotatable bonds is 10. The van der Waals surface area contributed by atoms with E-state index in [9.17, 15) is 40.9 Å². The Morgan fingerprint density at radius 2 is 0.600 bits per heavy atom. The Labute approximate surface area is 230 Å². The van der Waals surface area contributed by atoms with Crippen LogP contribution in [0.1, 0.15) is 0 Å². The van der Waals surface area contributed by atoms with Gasteiger partial charge in [-0.25, -0.2) is 0 Å². The van der Waals surface area contributed by atoms with Crippen LogP contribution in [0.25, 0.3) is 21.5 Å². The summed E-state index contributed by atoms with van der Waals surface area (Å²) < 4.78 is 24.4. The smallest absolute Gasteiger partial charge is 0.394 e. The van der Waals surface area contributed by atoms with Crippen LogP contribution in [0.4, 0.5) is 0 Å². The van der Waals surface area contributed by atoms with Gasteiger partial charge in [-0.1, -0.05) is 48.5 Å². The summed E-state index contributed by atoms with van der Waals surface area (Å²) in [5, 5.41) is 83.8. The second-order valence-electron chi connectivity index (χ2n) is 10.3. The van der Waals surface area contributed by atoms with Crippen molar-refractivity contribution in [2.75, 3.05) is 52.9 Å². The quantitative estimate of drug-likeness (QED) is 0.0900. The first-order valence-corrected chi connectivity index (χ1v) is 12.8. The monoisotopic (exact) mass is 558 g/mol. The minimum Gasteiger partial charge on any atom is -0.394 e. The van der Waals surface area contributed by atoms with Crippen LogP contribution in [0, 0.1) is 0 Å². The average molecular weight is 558 g/mol. The summed E-state index contributed by atoms with van der Waals surface area (Å²) in [6.07, 6.45) is 0. The highest BCUT2D eigenvalue weighted by molar-refractivity contribution is 6.73. The van der Waals surface area contributed by atoms with E-state index in [4.69, 9.17) is 18.6 Å². The van der Waals surface area contributed by atoms with Crippen LogP contribution in [0.5, 0.6) is 0 Å². The third kappa shape index (κ3) is 3.88.